The minimum Gasteiger partial charge on any atom is -0.452 e. The van der Waals surface area contributed by atoms with Gasteiger partial charge in [0.2, 0.25) is 10.0 Å². The van der Waals surface area contributed by atoms with E-state index in [1.807, 2.05) is 6.92 Å². The van der Waals surface area contributed by atoms with Gasteiger partial charge in [0.25, 0.3) is 5.91 Å². The molecule has 29 heavy (non-hydrogen) atoms. The Hall–Kier alpha value is -2.75. The zero-order valence-electron chi connectivity index (χ0n) is 16.0. The van der Waals surface area contributed by atoms with Gasteiger partial charge in [-0.25, -0.2) is 13.2 Å². The zero-order valence-corrected chi connectivity index (χ0v) is 16.8. The number of hydrogen-bond acceptors (Lipinski definition) is 6. The largest absolute Gasteiger partial charge is 0.452 e. The third-order valence-corrected chi connectivity index (χ3v) is 6.24. The van der Waals surface area contributed by atoms with Gasteiger partial charge in [-0.3, -0.25) is 4.79 Å². The van der Waals surface area contributed by atoms with E-state index >= 15 is 0 Å². The minimum absolute atomic E-state index is 0.0776. The number of benzene rings is 2. The van der Waals surface area contributed by atoms with Gasteiger partial charge in [0.05, 0.1) is 23.7 Å². The van der Waals surface area contributed by atoms with Gasteiger partial charge >= 0.3 is 5.97 Å². The fourth-order valence-corrected chi connectivity index (χ4v) is 4.23. The highest BCUT2D eigenvalue weighted by molar-refractivity contribution is 7.89. The van der Waals surface area contributed by atoms with E-state index in [0.717, 1.165) is 5.56 Å². The summed E-state index contributed by atoms with van der Waals surface area (Å²) in [6, 6.07) is 12.8. The molecule has 1 heterocycles. The second kappa shape index (κ2) is 9.17. The van der Waals surface area contributed by atoms with E-state index in [4.69, 9.17) is 9.47 Å². The molecule has 1 fully saturated rings. The van der Waals surface area contributed by atoms with Gasteiger partial charge in [-0.2, -0.15) is 4.31 Å². The van der Waals surface area contributed by atoms with E-state index < -0.39 is 28.5 Å². The average molecular weight is 418 g/mol. The number of rotatable bonds is 6. The quantitative estimate of drug-likeness (QED) is 0.718. The number of carbonyl (C=O) groups excluding carboxylic acids is 2. The summed E-state index contributed by atoms with van der Waals surface area (Å²) in [6.07, 6.45) is 0. The number of aryl methyl sites for hydroxylation is 1. The molecule has 0 saturated carbocycles. The molecule has 1 N–H and O–H groups in total. The SMILES string of the molecule is Cc1ccc(C(=O)OCC(=O)Nc2cccc(S(=O)(=O)N3CCOCC3)c2)cc1. The van der Waals surface area contributed by atoms with Crippen LogP contribution in [0.25, 0.3) is 0 Å². The summed E-state index contributed by atoms with van der Waals surface area (Å²) in [7, 11) is -3.67. The van der Waals surface area contributed by atoms with Crippen molar-refractivity contribution in [1.29, 1.82) is 0 Å². The maximum atomic E-state index is 12.7. The van der Waals surface area contributed by atoms with Crippen molar-refractivity contribution in [2.75, 3.05) is 38.2 Å². The van der Waals surface area contributed by atoms with Crippen molar-refractivity contribution in [3.05, 3.63) is 59.7 Å². The van der Waals surface area contributed by atoms with Crippen molar-refractivity contribution in [2.24, 2.45) is 0 Å². The first-order chi connectivity index (χ1) is 13.9. The van der Waals surface area contributed by atoms with Gasteiger partial charge in [0.15, 0.2) is 6.61 Å². The number of sulfonamides is 1. The molecule has 0 spiro atoms. The molecule has 0 aliphatic carbocycles. The second-order valence-electron chi connectivity index (χ2n) is 6.53. The first kappa shape index (κ1) is 21.0. The smallest absolute Gasteiger partial charge is 0.338 e. The van der Waals surface area contributed by atoms with Crippen LogP contribution in [-0.2, 0) is 24.3 Å². The normalized spacial score (nSPS) is 14.9. The monoisotopic (exact) mass is 418 g/mol. The van der Waals surface area contributed by atoms with E-state index in [1.165, 1.54) is 16.4 Å². The summed E-state index contributed by atoms with van der Waals surface area (Å²) in [5.74, 6) is -1.17. The fourth-order valence-electron chi connectivity index (χ4n) is 2.77. The van der Waals surface area contributed by atoms with Crippen molar-refractivity contribution in [3.63, 3.8) is 0 Å². The van der Waals surface area contributed by atoms with Crippen molar-refractivity contribution in [1.82, 2.24) is 4.31 Å². The van der Waals surface area contributed by atoms with Gasteiger partial charge in [0.1, 0.15) is 0 Å². The average Bonchev–Trinajstić information content (AvgIpc) is 2.73. The summed E-state index contributed by atoms with van der Waals surface area (Å²) in [5, 5.41) is 2.55. The molecule has 1 amide bonds. The van der Waals surface area contributed by atoms with E-state index in [9.17, 15) is 18.0 Å². The molecule has 0 aromatic heterocycles. The number of ether oxygens (including phenoxy) is 2. The van der Waals surface area contributed by atoms with Gasteiger partial charge in [-0.1, -0.05) is 23.8 Å². The number of anilines is 1. The standard InChI is InChI=1S/C20H22N2O6S/c1-15-5-7-16(8-6-15)20(24)28-14-19(23)21-17-3-2-4-18(13-17)29(25,26)22-9-11-27-12-10-22/h2-8,13H,9-12,14H2,1H3,(H,21,23). The van der Waals surface area contributed by atoms with Gasteiger partial charge < -0.3 is 14.8 Å². The lowest BCUT2D eigenvalue weighted by atomic mass is 10.1. The number of carbonyl (C=O) groups is 2. The van der Waals surface area contributed by atoms with E-state index in [1.54, 1.807) is 36.4 Å². The Kier molecular flexibility index (Phi) is 6.63. The Morgan fingerprint density at radius 2 is 1.79 bits per heavy atom. The van der Waals surface area contributed by atoms with E-state index in [0.29, 0.717) is 24.5 Å². The van der Waals surface area contributed by atoms with Crippen LogP contribution in [0.2, 0.25) is 0 Å². The Balaban J connectivity index is 1.60. The highest BCUT2D eigenvalue weighted by Gasteiger charge is 2.26. The molecule has 9 heteroatoms. The molecule has 154 valence electrons. The Morgan fingerprint density at radius 1 is 1.10 bits per heavy atom. The van der Waals surface area contributed by atoms with Crippen LogP contribution >= 0.6 is 0 Å². The maximum Gasteiger partial charge on any atom is 0.338 e. The molecular weight excluding hydrogens is 396 g/mol. The second-order valence-corrected chi connectivity index (χ2v) is 8.47. The van der Waals surface area contributed by atoms with Crippen LogP contribution in [0.15, 0.2) is 53.4 Å². The van der Waals surface area contributed by atoms with Crippen LogP contribution in [0.3, 0.4) is 0 Å². The first-order valence-corrected chi connectivity index (χ1v) is 10.5. The summed E-state index contributed by atoms with van der Waals surface area (Å²) in [5.41, 5.74) is 1.66. The lowest BCUT2D eigenvalue weighted by Crippen LogP contribution is -2.40. The molecule has 8 nitrogen and oxygen atoms in total. The Bertz CT molecular complexity index is 982. The summed E-state index contributed by atoms with van der Waals surface area (Å²) in [6.45, 7) is 2.69. The number of esters is 1. The van der Waals surface area contributed by atoms with Crippen LogP contribution in [0.1, 0.15) is 15.9 Å². The van der Waals surface area contributed by atoms with E-state index in [-0.39, 0.29) is 18.0 Å². The topological polar surface area (TPSA) is 102 Å². The highest BCUT2D eigenvalue weighted by atomic mass is 32.2. The highest BCUT2D eigenvalue weighted by Crippen LogP contribution is 2.20. The Morgan fingerprint density at radius 3 is 2.48 bits per heavy atom. The van der Waals surface area contributed by atoms with Crippen molar-refractivity contribution in [3.8, 4) is 0 Å². The molecule has 3 rings (SSSR count). The fraction of sp³-hybridized carbons (Fsp3) is 0.300. The molecule has 0 radical (unpaired) electrons. The summed E-state index contributed by atoms with van der Waals surface area (Å²) >= 11 is 0. The number of amides is 1. The molecule has 0 atom stereocenters. The Labute approximate surface area is 169 Å². The molecule has 1 aliphatic heterocycles. The predicted molar refractivity (Wildman–Crippen MR) is 106 cm³/mol. The molecule has 2 aromatic rings. The lowest BCUT2D eigenvalue weighted by molar-refractivity contribution is -0.119. The third kappa shape index (κ3) is 5.41. The lowest BCUT2D eigenvalue weighted by Gasteiger charge is -2.26. The summed E-state index contributed by atoms with van der Waals surface area (Å²) in [4.78, 5) is 24.2. The number of morpholine rings is 1. The molecular formula is C20H22N2O6S. The number of nitrogens with one attached hydrogen (secondary N) is 1. The molecule has 0 bridgehead atoms. The third-order valence-electron chi connectivity index (χ3n) is 4.35. The zero-order chi connectivity index (χ0) is 20.9. The van der Waals surface area contributed by atoms with Crippen LogP contribution < -0.4 is 5.32 Å². The van der Waals surface area contributed by atoms with Crippen LogP contribution in [0.5, 0.6) is 0 Å². The van der Waals surface area contributed by atoms with Crippen LogP contribution in [0, 0.1) is 6.92 Å². The van der Waals surface area contributed by atoms with Crippen molar-refractivity contribution >= 4 is 27.6 Å². The van der Waals surface area contributed by atoms with Crippen LogP contribution in [-0.4, -0.2) is 57.5 Å². The van der Waals surface area contributed by atoms with Gasteiger partial charge in [-0.05, 0) is 37.3 Å². The molecule has 1 saturated heterocycles. The molecule has 1 aliphatic rings. The molecule has 2 aromatic carbocycles. The van der Waals surface area contributed by atoms with Crippen LogP contribution in [0.4, 0.5) is 5.69 Å². The van der Waals surface area contributed by atoms with E-state index in [2.05, 4.69) is 5.32 Å². The van der Waals surface area contributed by atoms with Crippen molar-refractivity contribution in [2.45, 2.75) is 11.8 Å². The number of nitrogens with zero attached hydrogens (tertiary/aromatic N) is 1. The predicted octanol–water partition coefficient (Wildman–Crippen LogP) is 1.81. The number of hydrogen-bond donors (Lipinski definition) is 1. The minimum atomic E-state index is -3.67. The van der Waals surface area contributed by atoms with Gasteiger partial charge in [0, 0.05) is 18.8 Å². The first-order valence-electron chi connectivity index (χ1n) is 9.08. The molecule has 0 unspecified atom stereocenters. The maximum absolute atomic E-state index is 12.7. The van der Waals surface area contributed by atoms with Gasteiger partial charge in [-0.15, -0.1) is 0 Å². The van der Waals surface area contributed by atoms with Crippen molar-refractivity contribution < 1.29 is 27.5 Å². The summed E-state index contributed by atoms with van der Waals surface area (Å²) < 4.78 is 37.0.